The first-order valence-corrected chi connectivity index (χ1v) is 7.58. The van der Waals surface area contributed by atoms with Gasteiger partial charge in [-0.1, -0.05) is 41.9 Å². The van der Waals surface area contributed by atoms with Crippen molar-refractivity contribution < 1.29 is 13.9 Å². The fraction of sp³-hybridized carbons (Fsp3) is 0.312. The van der Waals surface area contributed by atoms with Crippen molar-refractivity contribution in [3.8, 4) is 0 Å². The van der Waals surface area contributed by atoms with Gasteiger partial charge in [-0.25, -0.2) is 19.2 Å². The van der Waals surface area contributed by atoms with Crippen molar-refractivity contribution in [2.24, 2.45) is 0 Å². The Labute approximate surface area is 138 Å². The number of fused-ring (bicyclic) bond motifs is 1. The van der Waals surface area contributed by atoms with Crippen LogP contribution in [0.4, 0.5) is 9.18 Å². The largest absolute Gasteiger partial charge is 0.445 e. The summed E-state index contributed by atoms with van der Waals surface area (Å²) < 4.78 is 18.6. The Hall–Kier alpha value is -2.21. The SMILES string of the molecule is O=C(OCc1ccccc1)N1Cc2c(Cl)ncnc2CC1CF. The number of hydrogen-bond donors (Lipinski definition) is 0. The zero-order valence-electron chi connectivity index (χ0n) is 12.3. The van der Waals surface area contributed by atoms with E-state index in [0.29, 0.717) is 17.7 Å². The van der Waals surface area contributed by atoms with E-state index >= 15 is 0 Å². The lowest BCUT2D eigenvalue weighted by Gasteiger charge is -2.34. The van der Waals surface area contributed by atoms with Crippen molar-refractivity contribution in [1.82, 2.24) is 14.9 Å². The molecule has 0 aliphatic carbocycles. The zero-order valence-corrected chi connectivity index (χ0v) is 13.0. The van der Waals surface area contributed by atoms with E-state index in [1.165, 1.54) is 11.2 Å². The minimum Gasteiger partial charge on any atom is -0.445 e. The maximum Gasteiger partial charge on any atom is 0.410 e. The zero-order chi connectivity index (χ0) is 16.2. The van der Waals surface area contributed by atoms with Crippen LogP contribution in [-0.2, 0) is 24.3 Å². The number of aromatic nitrogens is 2. The molecule has 1 aromatic carbocycles. The van der Waals surface area contributed by atoms with Crippen LogP contribution in [0.3, 0.4) is 0 Å². The first-order chi connectivity index (χ1) is 11.2. The Morgan fingerprint density at radius 1 is 1.35 bits per heavy atom. The molecule has 2 aromatic rings. The molecule has 120 valence electrons. The summed E-state index contributed by atoms with van der Waals surface area (Å²) in [6.45, 7) is -0.375. The number of carbonyl (C=O) groups excluding carboxylic acids is 1. The lowest BCUT2D eigenvalue weighted by molar-refractivity contribution is 0.0664. The van der Waals surface area contributed by atoms with Gasteiger partial charge >= 0.3 is 6.09 Å². The quantitative estimate of drug-likeness (QED) is 0.808. The number of amides is 1. The van der Waals surface area contributed by atoms with Crippen LogP contribution in [-0.4, -0.2) is 33.7 Å². The number of ether oxygens (including phenoxy) is 1. The van der Waals surface area contributed by atoms with Crippen LogP contribution < -0.4 is 0 Å². The Morgan fingerprint density at radius 3 is 2.87 bits per heavy atom. The Morgan fingerprint density at radius 2 is 2.13 bits per heavy atom. The molecule has 0 saturated carbocycles. The molecule has 23 heavy (non-hydrogen) atoms. The third-order valence-corrected chi connectivity index (χ3v) is 4.12. The van der Waals surface area contributed by atoms with E-state index in [9.17, 15) is 9.18 Å². The van der Waals surface area contributed by atoms with Crippen LogP contribution in [0.1, 0.15) is 16.8 Å². The van der Waals surface area contributed by atoms with Gasteiger partial charge in [0.25, 0.3) is 0 Å². The fourth-order valence-electron chi connectivity index (χ4n) is 2.54. The molecule has 1 atom stereocenters. The molecule has 3 rings (SSSR count). The molecular weight excluding hydrogens is 321 g/mol. The fourth-order valence-corrected chi connectivity index (χ4v) is 2.76. The summed E-state index contributed by atoms with van der Waals surface area (Å²) in [5.41, 5.74) is 2.20. The first kappa shape index (κ1) is 15.7. The third-order valence-electron chi connectivity index (χ3n) is 3.80. The molecule has 0 spiro atoms. The average molecular weight is 336 g/mol. The molecule has 1 aliphatic heterocycles. The van der Waals surface area contributed by atoms with Gasteiger partial charge in [0.15, 0.2) is 0 Å². The lowest BCUT2D eigenvalue weighted by atomic mass is 10.0. The van der Waals surface area contributed by atoms with E-state index in [1.807, 2.05) is 30.3 Å². The van der Waals surface area contributed by atoms with Crippen LogP contribution in [0.25, 0.3) is 0 Å². The van der Waals surface area contributed by atoms with Crippen LogP contribution in [0.5, 0.6) is 0 Å². The highest BCUT2D eigenvalue weighted by Gasteiger charge is 2.33. The highest BCUT2D eigenvalue weighted by Crippen LogP contribution is 2.27. The summed E-state index contributed by atoms with van der Waals surface area (Å²) in [5, 5.41) is 0.285. The molecule has 2 heterocycles. The smallest absolute Gasteiger partial charge is 0.410 e. The maximum atomic E-state index is 13.3. The van der Waals surface area contributed by atoms with Gasteiger partial charge in [0, 0.05) is 12.0 Å². The number of nitrogens with zero attached hydrogens (tertiary/aromatic N) is 3. The molecule has 0 bridgehead atoms. The van der Waals surface area contributed by atoms with E-state index in [4.69, 9.17) is 16.3 Å². The first-order valence-electron chi connectivity index (χ1n) is 7.20. The van der Waals surface area contributed by atoms with Crippen molar-refractivity contribution in [2.75, 3.05) is 6.67 Å². The van der Waals surface area contributed by atoms with Crippen molar-refractivity contribution in [3.63, 3.8) is 0 Å². The van der Waals surface area contributed by atoms with Crippen molar-refractivity contribution in [2.45, 2.75) is 25.6 Å². The van der Waals surface area contributed by atoms with Crippen molar-refractivity contribution >= 4 is 17.7 Å². The number of halogens is 2. The molecule has 0 N–H and O–H groups in total. The molecule has 1 aromatic heterocycles. The molecule has 0 fully saturated rings. The Balaban J connectivity index is 1.73. The molecule has 7 heteroatoms. The number of hydrogen-bond acceptors (Lipinski definition) is 4. The van der Waals surface area contributed by atoms with Gasteiger partial charge in [-0.2, -0.15) is 0 Å². The second-order valence-corrected chi connectivity index (χ2v) is 5.63. The van der Waals surface area contributed by atoms with E-state index in [0.717, 1.165) is 5.56 Å². The normalized spacial score (nSPS) is 16.8. The summed E-state index contributed by atoms with van der Waals surface area (Å²) >= 11 is 6.05. The number of carbonyl (C=O) groups is 1. The molecule has 1 unspecified atom stereocenters. The number of benzene rings is 1. The standard InChI is InChI=1S/C16H15ClFN3O2/c17-15-13-8-21(12(7-18)6-14(13)19-10-20-15)16(22)23-9-11-4-2-1-3-5-11/h1-5,10,12H,6-9H2. The monoisotopic (exact) mass is 335 g/mol. The van der Waals surface area contributed by atoms with E-state index in [-0.39, 0.29) is 18.3 Å². The summed E-state index contributed by atoms with van der Waals surface area (Å²) in [6, 6.07) is 8.72. The maximum absolute atomic E-state index is 13.3. The highest BCUT2D eigenvalue weighted by molar-refractivity contribution is 6.30. The van der Waals surface area contributed by atoms with E-state index in [1.54, 1.807) is 0 Å². The lowest BCUT2D eigenvalue weighted by Crippen LogP contribution is -2.46. The van der Waals surface area contributed by atoms with Crippen LogP contribution in [0.2, 0.25) is 5.15 Å². The molecular formula is C16H15ClFN3O2. The van der Waals surface area contributed by atoms with E-state index < -0.39 is 18.8 Å². The second kappa shape index (κ2) is 6.91. The van der Waals surface area contributed by atoms with Gasteiger partial charge in [-0.15, -0.1) is 0 Å². The highest BCUT2D eigenvalue weighted by atomic mass is 35.5. The minimum absolute atomic E-state index is 0.140. The molecule has 1 aliphatic rings. The summed E-state index contributed by atoms with van der Waals surface area (Å²) in [5.74, 6) is 0. The van der Waals surface area contributed by atoms with Gasteiger partial charge in [0.05, 0.1) is 18.3 Å². The van der Waals surface area contributed by atoms with Crippen molar-refractivity contribution in [3.05, 3.63) is 58.6 Å². The van der Waals surface area contributed by atoms with Crippen LogP contribution >= 0.6 is 11.6 Å². The Bertz CT molecular complexity index is 699. The third kappa shape index (κ3) is 3.42. The van der Waals surface area contributed by atoms with Crippen LogP contribution in [0.15, 0.2) is 36.7 Å². The Kier molecular flexibility index (Phi) is 4.71. The molecule has 0 radical (unpaired) electrons. The number of rotatable bonds is 3. The predicted octanol–water partition coefficient (Wildman–Crippen LogP) is 3.16. The average Bonchev–Trinajstić information content (AvgIpc) is 2.60. The molecule has 5 nitrogen and oxygen atoms in total. The number of alkyl halides is 1. The second-order valence-electron chi connectivity index (χ2n) is 5.27. The topological polar surface area (TPSA) is 55.3 Å². The summed E-state index contributed by atoms with van der Waals surface area (Å²) in [7, 11) is 0. The van der Waals surface area contributed by atoms with Gasteiger partial charge in [0.2, 0.25) is 0 Å². The molecule has 1 amide bonds. The van der Waals surface area contributed by atoms with Gasteiger partial charge in [-0.05, 0) is 5.56 Å². The van der Waals surface area contributed by atoms with Gasteiger partial charge < -0.3 is 4.74 Å². The minimum atomic E-state index is -0.665. The van der Waals surface area contributed by atoms with Crippen molar-refractivity contribution in [1.29, 1.82) is 0 Å². The van der Waals surface area contributed by atoms with Crippen LogP contribution in [0, 0.1) is 0 Å². The molecule has 0 saturated heterocycles. The predicted molar refractivity (Wildman–Crippen MR) is 82.7 cm³/mol. The summed E-state index contributed by atoms with van der Waals surface area (Å²) in [6.07, 6.45) is 1.08. The van der Waals surface area contributed by atoms with E-state index in [2.05, 4.69) is 9.97 Å². The van der Waals surface area contributed by atoms with Gasteiger partial charge in [0.1, 0.15) is 24.8 Å². The summed E-state index contributed by atoms with van der Waals surface area (Å²) in [4.78, 5) is 21.7. The van der Waals surface area contributed by atoms with Gasteiger partial charge in [-0.3, -0.25) is 4.90 Å².